The summed E-state index contributed by atoms with van der Waals surface area (Å²) < 4.78 is 14.0. The number of pyridine rings is 1. The van der Waals surface area contributed by atoms with E-state index in [1.54, 1.807) is 18.3 Å². The number of allylic oxidation sites excluding steroid dienone is 1. The summed E-state index contributed by atoms with van der Waals surface area (Å²) in [5.74, 6) is 0.225. The van der Waals surface area contributed by atoms with Crippen LogP contribution in [0.4, 0.5) is 10.1 Å². The Morgan fingerprint density at radius 3 is 2.67 bits per heavy atom. The molecule has 0 unspecified atom stereocenters. The highest BCUT2D eigenvalue weighted by Gasteiger charge is 2.19. The summed E-state index contributed by atoms with van der Waals surface area (Å²) >= 11 is 0. The molecular formula is C34H28FN7. The molecule has 42 heavy (non-hydrogen) atoms. The Balaban J connectivity index is 1.31. The summed E-state index contributed by atoms with van der Waals surface area (Å²) in [4.78, 5) is 17.1. The molecule has 6 rings (SSSR count). The first-order chi connectivity index (χ1) is 20.5. The number of imidazole rings is 1. The molecule has 0 aliphatic rings. The van der Waals surface area contributed by atoms with Gasteiger partial charge in [-0.3, -0.25) is 15.1 Å². The van der Waals surface area contributed by atoms with E-state index in [-0.39, 0.29) is 5.82 Å². The fraction of sp³-hybridized carbons (Fsp3) is 0.0588. The highest BCUT2D eigenvalue weighted by molar-refractivity contribution is 6.13. The number of hydrogen-bond acceptors (Lipinski definition) is 5. The van der Waals surface area contributed by atoms with Crippen LogP contribution in [0.5, 0.6) is 0 Å². The van der Waals surface area contributed by atoms with E-state index in [0.717, 1.165) is 45.5 Å². The Kier molecular flexibility index (Phi) is 7.26. The van der Waals surface area contributed by atoms with Crippen molar-refractivity contribution in [3.63, 3.8) is 0 Å². The number of aromatic nitrogens is 5. The highest BCUT2D eigenvalue weighted by atomic mass is 19.1. The van der Waals surface area contributed by atoms with Crippen LogP contribution in [0.2, 0.25) is 0 Å². The maximum Gasteiger partial charge on any atom is 0.159 e. The van der Waals surface area contributed by atoms with Crippen LogP contribution in [0.3, 0.4) is 0 Å². The number of H-pyrrole nitrogens is 2. The average molecular weight is 554 g/mol. The minimum atomic E-state index is -0.349. The molecular weight excluding hydrogens is 525 g/mol. The van der Waals surface area contributed by atoms with Gasteiger partial charge in [0, 0.05) is 46.7 Å². The summed E-state index contributed by atoms with van der Waals surface area (Å²) in [6.07, 6.45) is 5.77. The fourth-order valence-electron chi connectivity index (χ4n) is 4.93. The molecule has 206 valence electrons. The normalized spacial score (nSPS) is 11.5. The summed E-state index contributed by atoms with van der Waals surface area (Å²) in [6.45, 7) is 9.82. The number of rotatable bonds is 9. The van der Waals surface area contributed by atoms with Gasteiger partial charge in [-0.2, -0.15) is 5.10 Å². The highest BCUT2D eigenvalue weighted by Crippen LogP contribution is 2.31. The number of nitrogens with zero attached hydrogens (tertiary/aromatic N) is 4. The molecule has 0 saturated heterocycles. The number of benzene rings is 3. The van der Waals surface area contributed by atoms with Gasteiger partial charge in [0.25, 0.3) is 0 Å². The fourth-order valence-corrected chi connectivity index (χ4v) is 4.93. The Labute approximate surface area is 242 Å². The second kappa shape index (κ2) is 11.5. The summed E-state index contributed by atoms with van der Waals surface area (Å²) in [5.41, 5.74) is 8.90. The number of aromatic amines is 2. The molecule has 0 bridgehead atoms. The number of anilines is 1. The van der Waals surface area contributed by atoms with E-state index in [1.807, 2.05) is 43.5 Å². The zero-order valence-corrected chi connectivity index (χ0v) is 23.0. The van der Waals surface area contributed by atoms with E-state index < -0.39 is 0 Å². The molecule has 3 aromatic heterocycles. The molecule has 0 spiro atoms. The summed E-state index contributed by atoms with van der Waals surface area (Å²) in [6, 6.07) is 24.6. The van der Waals surface area contributed by atoms with E-state index in [4.69, 9.17) is 4.98 Å². The van der Waals surface area contributed by atoms with Gasteiger partial charge in [-0.1, -0.05) is 61.7 Å². The molecule has 0 amide bonds. The van der Waals surface area contributed by atoms with E-state index in [0.29, 0.717) is 28.5 Å². The third-order valence-corrected chi connectivity index (χ3v) is 6.87. The average Bonchev–Trinajstić information content (AvgIpc) is 3.59. The van der Waals surface area contributed by atoms with Crippen LogP contribution in [0.15, 0.2) is 121 Å². The lowest BCUT2D eigenvalue weighted by molar-refractivity contribution is 0.627. The number of halogens is 1. The van der Waals surface area contributed by atoms with E-state index in [1.165, 1.54) is 23.9 Å². The van der Waals surface area contributed by atoms with Crippen molar-refractivity contribution in [1.29, 1.82) is 0 Å². The van der Waals surface area contributed by atoms with Gasteiger partial charge < -0.3 is 10.3 Å². The van der Waals surface area contributed by atoms with Gasteiger partial charge in [0.2, 0.25) is 0 Å². The smallest absolute Gasteiger partial charge is 0.159 e. The molecule has 7 nitrogen and oxygen atoms in total. The second-order valence-electron chi connectivity index (χ2n) is 9.92. The number of hydrogen-bond donors (Lipinski definition) is 3. The van der Waals surface area contributed by atoms with Gasteiger partial charge in [0.05, 0.1) is 23.1 Å². The predicted molar refractivity (Wildman–Crippen MR) is 167 cm³/mol. The van der Waals surface area contributed by atoms with Gasteiger partial charge in [0.1, 0.15) is 17.2 Å². The molecule has 3 aromatic carbocycles. The third kappa shape index (κ3) is 5.51. The topological polar surface area (TPSA) is 94.6 Å². The largest absolute Gasteiger partial charge is 0.358 e. The van der Waals surface area contributed by atoms with Crippen LogP contribution in [0, 0.1) is 12.7 Å². The minimum Gasteiger partial charge on any atom is -0.358 e. The zero-order chi connectivity index (χ0) is 29.1. The maximum absolute atomic E-state index is 14.0. The number of nitrogens with one attached hydrogen (secondary N) is 3. The van der Waals surface area contributed by atoms with Crippen molar-refractivity contribution in [2.75, 3.05) is 5.32 Å². The summed E-state index contributed by atoms with van der Waals surface area (Å²) in [5, 5.41) is 11.9. The van der Waals surface area contributed by atoms with Crippen LogP contribution in [0.25, 0.3) is 33.5 Å². The minimum absolute atomic E-state index is 0.349. The van der Waals surface area contributed by atoms with Gasteiger partial charge in [-0.15, -0.1) is 0 Å². The quantitative estimate of drug-likeness (QED) is 0.161. The van der Waals surface area contributed by atoms with E-state index >= 15 is 0 Å². The maximum atomic E-state index is 14.0. The van der Waals surface area contributed by atoms with Gasteiger partial charge >= 0.3 is 0 Å². The van der Waals surface area contributed by atoms with Crippen molar-refractivity contribution in [2.45, 2.75) is 13.3 Å². The van der Waals surface area contributed by atoms with Gasteiger partial charge in [-0.25, -0.2) is 9.37 Å². The molecule has 3 N–H and O–H groups in total. The molecule has 8 heteroatoms. The number of aryl methyl sites for hydroxylation is 1. The SMILES string of the molecule is C=CN=C(c1cccc(F)c1)c1nc(-c2n[nH]c3ccc(-c4cncc(NC(=C)Cc5ccccc5)c4)cc23)[nH]c1C. The Bertz CT molecular complexity index is 1950. The van der Waals surface area contributed by atoms with E-state index in [2.05, 4.69) is 67.9 Å². The third-order valence-electron chi connectivity index (χ3n) is 6.87. The predicted octanol–water partition coefficient (Wildman–Crippen LogP) is 7.61. The number of fused-ring (bicyclic) bond motifs is 1. The summed E-state index contributed by atoms with van der Waals surface area (Å²) in [7, 11) is 0. The second-order valence-corrected chi connectivity index (χ2v) is 9.92. The Morgan fingerprint density at radius 1 is 1.00 bits per heavy atom. The monoisotopic (exact) mass is 553 g/mol. The first-order valence-electron chi connectivity index (χ1n) is 13.4. The number of aliphatic imine (C=N–C) groups is 1. The van der Waals surface area contributed by atoms with Gasteiger partial charge in [-0.05, 0) is 48.4 Å². The molecule has 0 aliphatic heterocycles. The van der Waals surface area contributed by atoms with Crippen LogP contribution in [-0.2, 0) is 6.42 Å². The lowest BCUT2D eigenvalue weighted by Crippen LogP contribution is -2.06. The lowest BCUT2D eigenvalue weighted by Gasteiger charge is -2.11. The zero-order valence-electron chi connectivity index (χ0n) is 23.0. The van der Waals surface area contributed by atoms with Gasteiger partial charge in [0.15, 0.2) is 5.82 Å². The van der Waals surface area contributed by atoms with E-state index in [9.17, 15) is 4.39 Å². The van der Waals surface area contributed by atoms with Crippen molar-refractivity contribution < 1.29 is 4.39 Å². The molecule has 0 radical (unpaired) electrons. The Hall–Kier alpha value is -5.63. The van der Waals surface area contributed by atoms with Crippen molar-refractivity contribution in [3.8, 4) is 22.6 Å². The Morgan fingerprint density at radius 2 is 1.86 bits per heavy atom. The molecule has 6 aromatic rings. The van der Waals surface area contributed by atoms with Crippen molar-refractivity contribution in [3.05, 3.63) is 145 Å². The first kappa shape index (κ1) is 26.6. The molecule has 0 aliphatic carbocycles. The van der Waals surface area contributed by atoms with Crippen LogP contribution in [0.1, 0.15) is 22.5 Å². The van der Waals surface area contributed by atoms with Crippen molar-refractivity contribution >= 4 is 22.3 Å². The first-order valence-corrected chi connectivity index (χ1v) is 13.4. The van der Waals surface area contributed by atoms with Crippen molar-refractivity contribution in [1.82, 2.24) is 25.1 Å². The molecule has 3 heterocycles. The van der Waals surface area contributed by atoms with Crippen LogP contribution in [-0.4, -0.2) is 30.9 Å². The van der Waals surface area contributed by atoms with Crippen LogP contribution < -0.4 is 5.32 Å². The standard InChI is InChI=1S/C34H28FN7/c1-4-37-32(25-11-8-12-27(35)16-25)31-22(3)39-34(40-31)33-29-18-24(13-14-30(29)41-42-33)26-17-28(20-36-19-26)38-21(2)15-23-9-6-5-7-10-23/h4-14,16-20,38H,1-2,15H2,3H3,(H,39,40)(H,41,42). The lowest BCUT2D eigenvalue weighted by atomic mass is 10.0. The van der Waals surface area contributed by atoms with Crippen molar-refractivity contribution in [2.24, 2.45) is 4.99 Å². The molecule has 0 saturated carbocycles. The molecule has 0 fully saturated rings. The van der Waals surface area contributed by atoms with Crippen LogP contribution >= 0.6 is 0 Å². The molecule has 0 atom stereocenters.